The predicted molar refractivity (Wildman–Crippen MR) is 75.5 cm³/mol. The second kappa shape index (κ2) is 7.56. The van der Waals surface area contributed by atoms with Gasteiger partial charge in [0.05, 0.1) is 9.92 Å². The molecule has 0 saturated heterocycles. The normalized spacial score (nSPS) is 11.0. The summed E-state index contributed by atoms with van der Waals surface area (Å²) in [7, 11) is -1.71. The monoisotopic (exact) mass is 362 g/mol. The van der Waals surface area contributed by atoms with Crippen LogP contribution in [0.3, 0.4) is 0 Å². The quantitative estimate of drug-likeness (QED) is 0.787. The van der Waals surface area contributed by atoms with Gasteiger partial charge in [0, 0.05) is 17.6 Å². The van der Waals surface area contributed by atoms with Gasteiger partial charge in [-0.15, -0.1) is 12.4 Å². The summed E-state index contributed by atoms with van der Waals surface area (Å²) in [6.07, 6.45) is 0. The van der Waals surface area contributed by atoms with E-state index in [0.29, 0.717) is 22.6 Å². The lowest BCUT2D eigenvalue weighted by Crippen LogP contribution is -2.30. The van der Waals surface area contributed by atoms with Crippen LogP contribution in [0, 0.1) is 0 Å². The highest BCUT2D eigenvalue weighted by atomic mass is 79.9. The Hall–Kier alpha value is 0.150. The van der Waals surface area contributed by atoms with Gasteiger partial charge in [-0.2, -0.15) is 0 Å². The van der Waals surface area contributed by atoms with E-state index in [4.69, 9.17) is 11.6 Å². The molecule has 0 aliphatic carbocycles. The average Bonchev–Trinajstić information content (AvgIpc) is 2.22. The first kappa shape index (κ1) is 17.2. The molecule has 0 amide bonds. The first-order valence-corrected chi connectivity index (χ1v) is 7.22. The zero-order valence-corrected chi connectivity index (χ0v) is 13.0. The molecule has 1 aromatic rings. The van der Waals surface area contributed by atoms with E-state index in [1.807, 2.05) is 0 Å². The number of hydrogen-bond acceptors (Lipinski definition) is 3. The largest absolute Gasteiger partial charge is 0.318 e. The first-order valence-electron chi connectivity index (χ1n) is 4.56. The van der Waals surface area contributed by atoms with E-state index in [2.05, 4.69) is 26.0 Å². The third-order valence-corrected chi connectivity index (χ3v) is 4.56. The van der Waals surface area contributed by atoms with E-state index in [1.54, 1.807) is 13.1 Å². The van der Waals surface area contributed by atoms with E-state index in [1.165, 1.54) is 12.1 Å². The van der Waals surface area contributed by atoms with Crippen LogP contribution in [0.1, 0.15) is 0 Å². The van der Waals surface area contributed by atoms with Gasteiger partial charge in [0.25, 0.3) is 0 Å². The summed E-state index contributed by atoms with van der Waals surface area (Å²) < 4.78 is 26.6. The van der Waals surface area contributed by atoms with E-state index >= 15 is 0 Å². The molecular weight excluding hydrogens is 351 g/mol. The van der Waals surface area contributed by atoms with Crippen molar-refractivity contribution < 1.29 is 8.42 Å². The molecule has 4 nitrogen and oxygen atoms in total. The molecule has 98 valence electrons. The lowest BCUT2D eigenvalue weighted by atomic mass is 10.4. The number of benzene rings is 1. The molecule has 0 aliphatic heterocycles. The second-order valence-electron chi connectivity index (χ2n) is 3.08. The maximum Gasteiger partial charge on any atom is 0.240 e. The summed E-state index contributed by atoms with van der Waals surface area (Å²) in [5.74, 6) is 0. The van der Waals surface area contributed by atoms with E-state index in [0.717, 1.165) is 0 Å². The van der Waals surface area contributed by atoms with E-state index in [-0.39, 0.29) is 17.3 Å². The van der Waals surface area contributed by atoms with Crippen LogP contribution >= 0.6 is 39.9 Å². The average molecular weight is 364 g/mol. The summed E-state index contributed by atoms with van der Waals surface area (Å²) in [6.45, 7) is 0.913. The Morgan fingerprint density at radius 3 is 2.53 bits per heavy atom. The van der Waals surface area contributed by atoms with Crippen molar-refractivity contribution in [1.29, 1.82) is 0 Å². The minimum atomic E-state index is -3.47. The van der Waals surface area contributed by atoms with Gasteiger partial charge in [0.15, 0.2) is 0 Å². The minimum Gasteiger partial charge on any atom is -0.318 e. The summed E-state index contributed by atoms with van der Waals surface area (Å²) in [5.41, 5.74) is 0. The van der Waals surface area contributed by atoms with Crippen molar-refractivity contribution >= 4 is 50.0 Å². The Balaban J connectivity index is 0.00000256. The molecule has 1 aromatic carbocycles. The summed E-state index contributed by atoms with van der Waals surface area (Å²) >= 11 is 9.03. The van der Waals surface area contributed by atoms with E-state index < -0.39 is 10.0 Å². The van der Waals surface area contributed by atoms with Crippen LogP contribution < -0.4 is 10.0 Å². The molecule has 0 bridgehead atoms. The third kappa shape index (κ3) is 5.11. The van der Waals surface area contributed by atoms with Gasteiger partial charge in [-0.05, 0) is 41.2 Å². The highest BCUT2D eigenvalue weighted by Gasteiger charge is 2.14. The van der Waals surface area contributed by atoms with Crippen molar-refractivity contribution in [2.75, 3.05) is 20.1 Å². The number of rotatable bonds is 5. The van der Waals surface area contributed by atoms with Crippen molar-refractivity contribution in [2.24, 2.45) is 0 Å². The molecule has 0 aromatic heterocycles. The fourth-order valence-corrected chi connectivity index (χ4v) is 2.59. The molecule has 0 fully saturated rings. The smallest absolute Gasteiger partial charge is 0.240 e. The van der Waals surface area contributed by atoms with Crippen LogP contribution in [0.25, 0.3) is 0 Å². The number of hydrogen-bond donors (Lipinski definition) is 2. The Labute approximate surface area is 121 Å². The summed E-state index contributed by atoms with van der Waals surface area (Å²) in [4.78, 5) is 0.164. The molecule has 1 rings (SSSR count). The Morgan fingerprint density at radius 2 is 2.00 bits per heavy atom. The Bertz CT molecular complexity index is 468. The van der Waals surface area contributed by atoms with Crippen LogP contribution in [-0.4, -0.2) is 28.6 Å². The molecule has 8 heteroatoms. The van der Waals surface area contributed by atoms with Crippen LogP contribution in [-0.2, 0) is 10.0 Å². The highest BCUT2D eigenvalue weighted by Crippen LogP contribution is 2.24. The molecular formula is C9H13BrCl2N2O2S. The van der Waals surface area contributed by atoms with Crippen molar-refractivity contribution in [3.05, 3.63) is 27.7 Å². The molecule has 0 atom stereocenters. The van der Waals surface area contributed by atoms with Crippen molar-refractivity contribution in [1.82, 2.24) is 10.0 Å². The van der Waals surface area contributed by atoms with Gasteiger partial charge in [0.1, 0.15) is 0 Å². The Kier molecular flexibility index (Phi) is 7.62. The number of nitrogens with one attached hydrogen (secondary N) is 2. The zero-order chi connectivity index (χ0) is 12.2. The molecule has 0 radical (unpaired) electrons. The van der Waals surface area contributed by atoms with Crippen LogP contribution in [0.2, 0.25) is 5.02 Å². The number of halogens is 3. The molecule has 17 heavy (non-hydrogen) atoms. The predicted octanol–water partition coefficient (Wildman–Crippen LogP) is 2.02. The van der Waals surface area contributed by atoms with Gasteiger partial charge in [-0.25, -0.2) is 13.1 Å². The molecule has 2 N–H and O–H groups in total. The van der Waals surface area contributed by atoms with Gasteiger partial charge in [-0.3, -0.25) is 0 Å². The van der Waals surface area contributed by atoms with Gasteiger partial charge in [0.2, 0.25) is 10.0 Å². The molecule has 0 unspecified atom stereocenters. The van der Waals surface area contributed by atoms with Gasteiger partial charge < -0.3 is 5.32 Å². The Morgan fingerprint density at radius 1 is 1.35 bits per heavy atom. The molecule has 0 heterocycles. The van der Waals surface area contributed by atoms with Gasteiger partial charge in [-0.1, -0.05) is 11.6 Å². The third-order valence-electron chi connectivity index (χ3n) is 1.87. The molecule has 0 spiro atoms. The molecule has 0 aliphatic rings. The van der Waals surface area contributed by atoms with Gasteiger partial charge >= 0.3 is 0 Å². The number of sulfonamides is 1. The van der Waals surface area contributed by atoms with Crippen LogP contribution in [0.5, 0.6) is 0 Å². The highest BCUT2D eigenvalue weighted by molar-refractivity contribution is 9.10. The fraction of sp³-hybridized carbons (Fsp3) is 0.333. The van der Waals surface area contributed by atoms with Crippen LogP contribution in [0.15, 0.2) is 27.6 Å². The number of likely N-dealkylation sites (N-methyl/N-ethyl adjacent to an activating group) is 1. The maximum absolute atomic E-state index is 11.8. The maximum atomic E-state index is 11.8. The second-order valence-corrected chi connectivity index (χ2v) is 6.11. The first-order chi connectivity index (χ1) is 7.47. The topological polar surface area (TPSA) is 58.2 Å². The van der Waals surface area contributed by atoms with Crippen LogP contribution in [0.4, 0.5) is 0 Å². The zero-order valence-electron chi connectivity index (χ0n) is 9.04. The molecule has 0 saturated carbocycles. The lowest BCUT2D eigenvalue weighted by Gasteiger charge is -2.07. The van der Waals surface area contributed by atoms with Crippen molar-refractivity contribution in [3.8, 4) is 0 Å². The van der Waals surface area contributed by atoms with Crippen molar-refractivity contribution in [3.63, 3.8) is 0 Å². The van der Waals surface area contributed by atoms with E-state index in [9.17, 15) is 8.42 Å². The lowest BCUT2D eigenvalue weighted by molar-refractivity contribution is 0.579. The standard InChI is InChI=1S/C9H12BrClN2O2S.ClH/c1-12-4-5-13-16(14,15)7-2-3-8(10)9(11)6-7;/h2-3,6,12-13H,4-5H2,1H3;1H. The summed E-state index contributed by atoms with van der Waals surface area (Å²) in [5, 5.41) is 3.22. The summed E-state index contributed by atoms with van der Waals surface area (Å²) in [6, 6.07) is 4.51. The van der Waals surface area contributed by atoms with Crippen molar-refractivity contribution in [2.45, 2.75) is 4.90 Å². The minimum absolute atomic E-state index is 0. The SMILES string of the molecule is CNCCNS(=O)(=O)c1ccc(Br)c(Cl)c1.Cl. The fourth-order valence-electron chi connectivity index (χ4n) is 1.04.